The van der Waals surface area contributed by atoms with E-state index >= 15 is 0 Å². The fraction of sp³-hybridized carbons (Fsp3) is 0.231. The first-order valence-corrected chi connectivity index (χ1v) is 10.8. The highest BCUT2D eigenvalue weighted by Crippen LogP contribution is 2.21. The van der Waals surface area contributed by atoms with Crippen molar-refractivity contribution < 1.29 is 23.8 Å². The van der Waals surface area contributed by atoms with Crippen molar-refractivity contribution in [3.8, 4) is 5.75 Å². The zero-order valence-electron chi connectivity index (χ0n) is 18.4. The zero-order valence-corrected chi connectivity index (χ0v) is 18.4. The molecule has 0 spiro atoms. The number of nitrogens with one attached hydrogen (secondary N) is 2. The summed E-state index contributed by atoms with van der Waals surface area (Å²) in [5.74, 6) is 0.0835. The molecular formula is C26H26N2O5. The van der Waals surface area contributed by atoms with Gasteiger partial charge in [0.2, 0.25) is 0 Å². The van der Waals surface area contributed by atoms with Crippen LogP contribution < -0.4 is 15.4 Å². The van der Waals surface area contributed by atoms with Crippen molar-refractivity contribution in [2.24, 2.45) is 0 Å². The number of benzene rings is 3. The van der Waals surface area contributed by atoms with Gasteiger partial charge < -0.3 is 24.8 Å². The minimum absolute atomic E-state index is 0.0434. The molecule has 0 saturated carbocycles. The van der Waals surface area contributed by atoms with Crippen LogP contribution in [0.5, 0.6) is 5.75 Å². The Labute approximate surface area is 192 Å². The summed E-state index contributed by atoms with van der Waals surface area (Å²) in [5.41, 5.74) is 3.76. The molecule has 1 fully saturated rings. The summed E-state index contributed by atoms with van der Waals surface area (Å²) in [6.45, 7) is 2.71. The summed E-state index contributed by atoms with van der Waals surface area (Å²) in [6, 6.07) is 21.7. The first-order chi connectivity index (χ1) is 16.1. The lowest BCUT2D eigenvalue weighted by Crippen LogP contribution is -2.33. The molecule has 1 heterocycles. The van der Waals surface area contributed by atoms with E-state index in [1.165, 1.54) is 7.11 Å². The molecule has 3 aromatic carbocycles. The number of methoxy groups -OCH3 is 1. The third kappa shape index (κ3) is 5.97. The summed E-state index contributed by atoms with van der Waals surface area (Å²) in [7, 11) is 1.35. The molecule has 0 radical (unpaired) electrons. The van der Waals surface area contributed by atoms with Gasteiger partial charge in [-0.2, -0.15) is 0 Å². The molecule has 7 nitrogen and oxygen atoms in total. The van der Waals surface area contributed by atoms with E-state index in [1.54, 1.807) is 36.4 Å². The van der Waals surface area contributed by atoms with Crippen molar-refractivity contribution in [3.63, 3.8) is 0 Å². The van der Waals surface area contributed by atoms with Gasteiger partial charge >= 0.3 is 5.97 Å². The number of rotatable bonds is 7. The molecular weight excluding hydrogens is 420 g/mol. The van der Waals surface area contributed by atoms with Crippen LogP contribution >= 0.6 is 0 Å². The molecule has 2 N–H and O–H groups in total. The first kappa shape index (κ1) is 22.5. The van der Waals surface area contributed by atoms with Gasteiger partial charge in [-0.15, -0.1) is 0 Å². The highest BCUT2D eigenvalue weighted by Gasteiger charge is 2.15. The molecule has 1 aliphatic heterocycles. The lowest BCUT2D eigenvalue weighted by molar-refractivity contribution is 0.0277. The van der Waals surface area contributed by atoms with Crippen molar-refractivity contribution >= 4 is 17.6 Å². The maximum atomic E-state index is 12.6. The standard InChI is InChI=1S/C26H26N2O5/c1-31-26(30)21-4-2-18(3-5-21)17-33-23-12-8-20(9-13-23)25(29)28-22-10-6-19(7-11-22)24-16-27-14-15-32-24/h2-13,24,27H,14-17H2,1H3,(H,28,29). The van der Waals surface area contributed by atoms with Gasteiger partial charge in [0.25, 0.3) is 5.91 Å². The molecule has 170 valence electrons. The smallest absolute Gasteiger partial charge is 0.337 e. The zero-order chi connectivity index (χ0) is 23.0. The van der Waals surface area contributed by atoms with Crippen LogP contribution in [0.1, 0.15) is 37.9 Å². The van der Waals surface area contributed by atoms with Gasteiger partial charge in [-0.25, -0.2) is 4.79 Å². The van der Waals surface area contributed by atoms with E-state index < -0.39 is 0 Å². The number of ether oxygens (including phenoxy) is 3. The third-order valence-electron chi connectivity index (χ3n) is 5.36. The van der Waals surface area contributed by atoms with Gasteiger partial charge in [-0.1, -0.05) is 24.3 Å². The lowest BCUT2D eigenvalue weighted by Gasteiger charge is -2.24. The number of carbonyl (C=O) groups excluding carboxylic acids is 2. The Morgan fingerprint density at radius 2 is 1.67 bits per heavy atom. The Bertz CT molecular complexity index is 1070. The summed E-state index contributed by atoms with van der Waals surface area (Å²) in [6.07, 6.45) is 0.0434. The SMILES string of the molecule is COC(=O)c1ccc(COc2ccc(C(=O)Nc3ccc(C4CNCCO4)cc3)cc2)cc1. The van der Waals surface area contributed by atoms with Gasteiger partial charge in [-0.3, -0.25) is 4.79 Å². The Morgan fingerprint density at radius 1 is 0.970 bits per heavy atom. The fourth-order valence-corrected chi connectivity index (χ4v) is 3.49. The number of carbonyl (C=O) groups is 2. The first-order valence-electron chi connectivity index (χ1n) is 10.8. The van der Waals surface area contributed by atoms with Crippen molar-refractivity contribution in [3.05, 3.63) is 95.1 Å². The van der Waals surface area contributed by atoms with Crippen LogP contribution in [0.2, 0.25) is 0 Å². The maximum Gasteiger partial charge on any atom is 0.337 e. The number of anilines is 1. The molecule has 1 saturated heterocycles. The van der Waals surface area contributed by atoms with Crippen LogP contribution in [0.15, 0.2) is 72.8 Å². The number of amides is 1. The largest absolute Gasteiger partial charge is 0.489 e. The molecule has 0 aliphatic carbocycles. The van der Waals surface area contributed by atoms with E-state index in [0.717, 1.165) is 29.9 Å². The molecule has 1 amide bonds. The highest BCUT2D eigenvalue weighted by atomic mass is 16.5. The molecule has 0 aromatic heterocycles. The van der Waals surface area contributed by atoms with E-state index in [0.29, 0.717) is 30.1 Å². The van der Waals surface area contributed by atoms with E-state index in [4.69, 9.17) is 14.2 Å². The Morgan fingerprint density at radius 3 is 2.30 bits per heavy atom. The minimum Gasteiger partial charge on any atom is -0.489 e. The normalized spacial score (nSPS) is 15.5. The monoisotopic (exact) mass is 446 g/mol. The van der Waals surface area contributed by atoms with Gasteiger partial charge in [0.1, 0.15) is 12.4 Å². The Balaban J connectivity index is 1.29. The molecule has 7 heteroatoms. The van der Waals surface area contributed by atoms with Gasteiger partial charge in [0.05, 0.1) is 25.4 Å². The van der Waals surface area contributed by atoms with Crippen molar-refractivity contribution in [2.75, 3.05) is 32.1 Å². The van der Waals surface area contributed by atoms with Crippen LogP contribution in [0, 0.1) is 0 Å². The molecule has 0 bridgehead atoms. The summed E-state index contributed by atoms with van der Waals surface area (Å²) in [4.78, 5) is 24.1. The third-order valence-corrected chi connectivity index (χ3v) is 5.36. The van der Waals surface area contributed by atoms with Crippen LogP contribution in [0.3, 0.4) is 0 Å². The van der Waals surface area contributed by atoms with E-state index in [9.17, 15) is 9.59 Å². The van der Waals surface area contributed by atoms with Crippen molar-refractivity contribution in [1.82, 2.24) is 5.32 Å². The van der Waals surface area contributed by atoms with Crippen LogP contribution in [0.4, 0.5) is 5.69 Å². The molecule has 1 aliphatic rings. The second-order valence-electron chi connectivity index (χ2n) is 7.64. The van der Waals surface area contributed by atoms with Crippen molar-refractivity contribution in [1.29, 1.82) is 0 Å². The lowest BCUT2D eigenvalue weighted by atomic mass is 10.1. The second kappa shape index (κ2) is 10.8. The topological polar surface area (TPSA) is 85.9 Å². The summed E-state index contributed by atoms with van der Waals surface area (Å²) >= 11 is 0. The Kier molecular flexibility index (Phi) is 7.34. The van der Waals surface area contributed by atoms with Gasteiger partial charge in [-0.05, 0) is 59.7 Å². The number of hydrogen-bond donors (Lipinski definition) is 2. The van der Waals surface area contributed by atoms with E-state index in [1.807, 2.05) is 36.4 Å². The van der Waals surface area contributed by atoms with Crippen molar-refractivity contribution in [2.45, 2.75) is 12.7 Å². The van der Waals surface area contributed by atoms with Gasteiger partial charge in [0, 0.05) is 24.3 Å². The molecule has 33 heavy (non-hydrogen) atoms. The van der Waals surface area contributed by atoms with E-state index in [-0.39, 0.29) is 18.0 Å². The summed E-state index contributed by atoms with van der Waals surface area (Å²) < 4.78 is 16.2. The van der Waals surface area contributed by atoms with Gasteiger partial charge in [0.15, 0.2) is 0 Å². The number of morpholine rings is 1. The summed E-state index contributed by atoms with van der Waals surface area (Å²) in [5, 5.41) is 6.22. The predicted molar refractivity (Wildman–Crippen MR) is 125 cm³/mol. The minimum atomic E-state index is -0.372. The number of esters is 1. The Hall–Kier alpha value is -3.68. The van der Waals surface area contributed by atoms with Crippen LogP contribution in [0.25, 0.3) is 0 Å². The second-order valence-corrected chi connectivity index (χ2v) is 7.64. The van der Waals surface area contributed by atoms with E-state index in [2.05, 4.69) is 10.6 Å². The molecule has 3 aromatic rings. The van der Waals surface area contributed by atoms with Crippen LogP contribution in [-0.4, -0.2) is 38.7 Å². The quantitative estimate of drug-likeness (QED) is 0.535. The van der Waals surface area contributed by atoms with Crippen LogP contribution in [-0.2, 0) is 16.1 Å². The number of hydrogen-bond acceptors (Lipinski definition) is 6. The average Bonchev–Trinajstić information content (AvgIpc) is 2.88. The average molecular weight is 447 g/mol. The maximum absolute atomic E-state index is 12.6. The fourth-order valence-electron chi connectivity index (χ4n) is 3.49. The predicted octanol–water partition coefficient (Wildman–Crippen LogP) is 3.97. The molecule has 4 rings (SSSR count). The molecule has 1 unspecified atom stereocenters. The molecule has 1 atom stereocenters. The highest BCUT2D eigenvalue weighted by molar-refractivity contribution is 6.04.